The van der Waals surface area contributed by atoms with Gasteiger partial charge >= 0.3 is 0 Å². The van der Waals surface area contributed by atoms with Crippen LogP contribution >= 0.6 is 0 Å². The Bertz CT molecular complexity index is 1220. The Morgan fingerprint density at radius 1 is 0.608 bits per heavy atom. The van der Waals surface area contributed by atoms with Crippen molar-refractivity contribution in [2.75, 3.05) is 52.8 Å². The molecule has 2 aromatic rings. The van der Waals surface area contributed by atoms with Crippen molar-refractivity contribution in [3.8, 4) is 11.5 Å². The molecule has 0 aliphatic carbocycles. The summed E-state index contributed by atoms with van der Waals surface area (Å²) in [7, 11) is 0. The summed E-state index contributed by atoms with van der Waals surface area (Å²) in [4.78, 5) is 0. The van der Waals surface area contributed by atoms with E-state index in [0.717, 1.165) is 87.7 Å². The summed E-state index contributed by atoms with van der Waals surface area (Å²) >= 11 is 0. The second-order valence-electron chi connectivity index (χ2n) is 14.0. The molecule has 0 radical (unpaired) electrons. The van der Waals surface area contributed by atoms with Crippen LogP contribution in [0.3, 0.4) is 0 Å². The van der Waals surface area contributed by atoms with E-state index in [0.29, 0.717) is 52.8 Å². The maximum absolute atomic E-state index is 7.18. The van der Waals surface area contributed by atoms with Gasteiger partial charge in [-0.15, -0.1) is 0 Å². The zero-order valence-corrected chi connectivity index (χ0v) is 33.1. The normalized spacial score (nSPS) is 20.5. The third-order valence-corrected chi connectivity index (χ3v) is 9.59. The Hall–Kier alpha value is -2.20. The Morgan fingerprint density at radius 2 is 1.20 bits per heavy atom. The van der Waals surface area contributed by atoms with Crippen LogP contribution in [0.2, 0.25) is 0 Å². The zero-order valence-electron chi connectivity index (χ0n) is 33.1. The summed E-state index contributed by atoms with van der Waals surface area (Å²) in [5.74, 6) is 1.70. The molecule has 290 valence electrons. The lowest BCUT2D eigenvalue weighted by Crippen LogP contribution is -2.58. The molecule has 0 saturated carbocycles. The van der Waals surface area contributed by atoms with E-state index < -0.39 is 6.10 Å². The van der Waals surface area contributed by atoms with E-state index in [2.05, 4.69) is 72.7 Å². The predicted octanol–water partition coefficient (Wildman–Crippen LogP) is 9.22. The molecule has 2 N–H and O–H groups in total. The quantitative estimate of drug-likeness (QED) is 0.0917. The fourth-order valence-corrected chi connectivity index (χ4v) is 6.36. The van der Waals surface area contributed by atoms with Crippen LogP contribution < -0.4 is 15.2 Å². The molecule has 1 fully saturated rings. The van der Waals surface area contributed by atoms with E-state index in [4.69, 9.17) is 38.9 Å². The topological polar surface area (TPSA) is 90.6 Å². The molecule has 1 saturated heterocycles. The van der Waals surface area contributed by atoms with Crippen LogP contribution in [-0.2, 0) is 30.1 Å². The molecule has 0 bridgehead atoms. The van der Waals surface area contributed by atoms with Gasteiger partial charge in [0.25, 0.3) is 0 Å². The number of aryl methyl sites for hydroxylation is 2. The molecular formula is C43H71NO7. The van der Waals surface area contributed by atoms with Crippen molar-refractivity contribution < 1.29 is 33.2 Å². The average molecular weight is 714 g/mol. The Balaban J connectivity index is 2.13. The maximum Gasteiger partial charge on any atom is 0.125 e. The van der Waals surface area contributed by atoms with E-state index >= 15 is 0 Å². The van der Waals surface area contributed by atoms with E-state index in [1.54, 1.807) is 0 Å². The highest BCUT2D eigenvalue weighted by Crippen LogP contribution is 2.42. The summed E-state index contributed by atoms with van der Waals surface area (Å²) in [6.07, 6.45) is 9.18. The molecule has 1 aliphatic rings. The molecule has 8 nitrogen and oxygen atoms in total. The van der Waals surface area contributed by atoms with Gasteiger partial charge in [0.05, 0.1) is 13.2 Å². The molecule has 0 amide bonds. The zero-order chi connectivity index (χ0) is 36.8. The first-order chi connectivity index (χ1) is 24.9. The number of ether oxygens (including phenoxy) is 7. The number of unbranched alkanes of at least 4 members (excludes halogenated alkanes) is 5. The number of hydrogen-bond acceptors (Lipinski definition) is 8. The molecule has 5 atom stereocenters. The minimum Gasteiger partial charge on any atom is -0.493 e. The highest BCUT2D eigenvalue weighted by Gasteiger charge is 2.49. The van der Waals surface area contributed by atoms with Crippen molar-refractivity contribution in [2.45, 2.75) is 150 Å². The summed E-state index contributed by atoms with van der Waals surface area (Å²) in [6.45, 7) is 19.9. The number of hydrogen-bond donors (Lipinski definition) is 1. The van der Waals surface area contributed by atoms with E-state index in [-0.39, 0.29) is 24.4 Å². The minimum absolute atomic E-state index is 0.310. The van der Waals surface area contributed by atoms with Crippen LogP contribution in [0.5, 0.6) is 11.5 Å². The SMILES string of the molecule is CCCCOC[C@H]1O[C@@H](c2cc(Cc3ccc(OCCN)cc3C)c(C)cc2OCCCC)[C@H](OCCCC)[C@@H](OCCCC)[C@@H]1OCCCC. The third-order valence-electron chi connectivity index (χ3n) is 9.59. The molecule has 2 aromatic carbocycles. The Labute approximate surface area is 310 Å². The van der Waals surface area contributed by atoms with Crippen molar-refractivity contribution >= 4 is 0 Å². The smallest absolute Gasteiger partial charge is 0.125 e. The lowest BCUT2D eigenvalue weighted by Gasteiger charge is -2.47. The predicted molar refractivity (Wildman–Crippen MR) is 207 cm³/mol. The lowest BCUT2D eigenvalue weighted by molar-refractivity contribution is -0.268. The van der Waals surface area contributed by atoms with Gasteiger partial charge in [0.2, 0.25) is 0 Å². The molecule has 0 aromatic heterocycles. The van der Waals surface area contributed by atoms with Crippen molar-refractivity contribution in [2.24, 2.45) is 5.73 Å². The van der Waals surface area contributed by atoms with Gasteiger partial charge in [0, 0.05) is 38.5 Å². The summed E-state index contributed by atoms with van der Waals surface area (Å²) in [6, 6.07) is 10.8. The second-order valence-corrected chi connectivity index (χ2v) is 14.0. The molecule has 51 heavy (non-hydrogen) atoms. The largest absolute Gasteiger partial charge is 0.493 e. The van der Waals surface area contributed by atoms with Gasteiger partial charge in [-0.1, -0.05) is 72.8 Å². The van der Waals surface area contributed by atoms with Crippen LogP contribution in [-0.4, -0.2) is 77.2 Å². The highest BCUT2D eigenvalue weighted by atomic mass is 16.6. The van der Waals surface area contributed by atoms with Crippen LogP contribution in [0, 0.1) is 13.8 Å². The lowest BCUT2D eigenvalue weighted by atomic mass is 9.87. The molecule has 8 heteroatoms. The third kappa shape index (κ3) is 13.9. The fraction of sp³-hybridized carbons (Fsp3) is 0.721. The van der Waals surface area contributed by atoms with Gasteiger partial charge in [-0.25, -0.2) is 0 Å². The minimum atomic E-state index is -0.427. The number of benzene rings is 2. The molecule has 1 aliphatic heterocycles. The molecule has 1 heterocycles. The van der Waals surface area contributed by atoms with Crippen molar-refractivity contribution in [1.29, 1.82) is 0 Å². The van der Waals surface area contributed by atoms with Gasteiger partial charge in [0.1, 0.15) is 48.6 Å². The van der Waals surface area contributed by atoms with Crippen molar-refractivity contribution in [3.63, 3.8) is 0 Å². The van der Waals surface area contributed by atoms with Gasteiger partial charge in [-0.05, 0) is 98.9 Å². The molecular weight excluding hydrogens is 642 g/mol. The summed E-state index contributed by atoms with van der Waals surface area (Å²) in [5, 5.41) is 0. The number of nitrogens with two attached hydrogens (primary N) is 1. The maximum atomic E-state index is 7.18. The Kier molecular flexibility index (Phi) is 21.1. The second kappa shape index (κ2) is 24.9. The summed E-state index contributed by atoms with van der Waals surface area (Å²) < 4.78 is 46.2. The Morgan fingerprint density at radius 3 is 1.82 bits per heavy atom. The van der Waals surface area contributed by atoms with Gasteiger partial charge in [0.15, 0.2) is 0 Å². The van der Waals surface area contributed by atoms with Crippen molar-refractivity contribution in [1.82, 2.24) is 0 Å². The first-order valence-corrected chi connectivity index (χ1v) is 20.2. The molecule has 0 unspecified atom stereocenters. The molecule has 3 rings (SSSR count). The monoisotopic (exact) mass is 714 g/mol. The average Bonchev–Trinajstić information content (AvgIpc) is 3.12. The van der Waals surface area contributed by atoms with E-state index in [1.807, 2.05) is 6.07 Å². The summed E-state index contributed by atoms with van der Waals surface area (Å²) in [5.41, 5.74) is 11.5. The van der Waals surface area contributed by atoms with Crippen molar-refractivity contribution in [3.05, 3.63) is 58.1 Å². The first-order valence-electron chi connectivity index (χ1n) is 20.2. The van der Waals surface area contributed by atoms with Gasteiger partial charge in [-0.2, -0.15) is 0 Å². The van der Waals surface area contributed by atoms with Gasteiger partial charge in [-0.3, -0.25) is 0 Å². The standard InChI is InChI=1S/C43H71NO7/c1-8-13-21-45-31-39-41(48-23-15-10-3)43(50-25-17-12-5)42(49-24-16-11-4)40(51-39)37-30-35(33(7)28-38(37)47-22-14-9-2)29-34-18-19-36(27-32(34)6)46-26-20-44/h18-19,27-28,30,39-43H,8-17,20-26,29,31,44H2,1-7H3/t39-,40+,41-,42+,43+/m1/s1. The van der Waals surface area contributed by atoms with Crippen LogP contribution in [0.4, 0.5) is 0 Å². The van der Waals surface area contributed by atoms with Crippen LogP contribution in [0.1, 0.15) is 133 Å². The first kappa shape index (κ1) is 43.2. The highest BCUT2D eigenvalue weighted by molar-refractivity contribution is 5.47. The van der Waals surface area contributed by atoms with Crippen LogP contribution in [0.25, 0.3) is 0 Å². The fourth-order valence-electron chi connectivity index (χ4n) is 6.36. The number of rotatable bonds is 27. The van der Waals surface area contributed by atoms with Crippen LogP contribution in [0.15, 0.2) is 30.3 Å². The van der Waals surface area contributed by atoms with E-state index in [1.165, 1.54) is 22.3 Å². The molecule has 0 spiro atoms. The van der Waals surface area contributed by atoms with E-state index in [9.17, 15) is 0 Å². The van der Waals surface area contributed by atoms with Gasteiger partial charge < -0.3 is 38.9 Å².